The van der Waals surface area contributed by atoms with Crippen LogP contribution in [0.1, 0.15) is 76.3 Å². The molecule has 0 fully saturated rings. The van der Waals surface area contributed by atoms with E-state index >= 15 is 0 Å². The summed E-state index contributed by atoms with van der Waals surface area (Å²) in [4.78, 5) is 9.83. The van der Waals surface area contributed by atoms with Crippen molar-refractivity contribution in [1.82, 2.24) is 9.97 Å². The van der Waals surface area contributed by atoms with Crippen LogP contribution in [0.3, 0.4) is 0 Å². The molecule has 0 saturated heterocycles. The molecular formula is C36H38N2O2. The first-order valence-corrected chi connectivity index (χ1v) is 15.0. The highest BCUT2D eigenvalue weighted by molar-refractivity contribution is 6.03. The van der Waals surface area contributed by atoms with E-state index in [0.717, 1.165) is 56.9 Å². The molecule has 2 aromatic heterocycles. The van der Waals surface area contributed by atoms with Crippen molar-refractivity contribution in [2.24, 2.45) is 0 Å². The van der Waals surface area contributed by atoms with Gasteiger partial charge >= 0.3 is 0 Å². The molecular weight excluding hydrogens is 492 g/mol. The number of rotatable bonds is 12. The van der Waals surface area contributed by atoms with Crippen LogP contribution in [-0.2, 0) is 12.8 Å². The molecule has 0 N–H and O–H groups in total. The minimum absolute atomic E-state index is 0.645. The largest absolute Gasteiger partial charge is 0.436 e. The molecule has 6 rings (SSSR count). The van der Waals surface area contributed by atoms with Gasteiger partial charge in [0.2, 0.25) is 11.8 Å². The fourth-order valence-electron chi connectivity index (χ4n) is 5.67. The second-order valence-corrected chi connectivity index (χ2v) is 11.0. The molecule has 0 bridgehead atoms. The number of oxazole rings is 2. The fourth-order valence-corrected chi connectivity index (χ4v) is 5.67. The minimum atomic E-state index is 0.645. The van der Waals surface area contributed by atoms with Crippen molar-refractivity contribution in [2.75, 3.05) is 0 Å². The van der Waals surface area contributed by atoms with Crippen LogP contribution in [0.2, 0.25) is 0 Å². The molecule has 40 heavy (non-hydrogen) atoms. The van der Waals surface area contributed by atoms with Crippen LogP contribution in [0, 0.1) is 0 Å². The summed E-state index contributed by atoms with van der Waals surface area (Å²) in [5.41, 5.74) is 8.08. The van der Waals surface area contributed by atoms with Gasteiger partial charge in [0.1, 0.15) is 11.0 Å². The summed E-state index contributed by atoms with van der Waals surface area (Å²) in [6, 6.07) is 25.4. The lowest BCUT2D eigenvalue weighted by Gasteiger charge is -2.07. The molecule has 0 atom stereocenters. The highest BCUT2D eigenvalue weighted by atomic mass is 16.4. The third kappa shape index (κ3) is 5.54. The molecule has 6 aromatic rings. The maximum absolute atomic E-state index is 6.26. The number of benzene rings is 4. The molecule has 4 nitrogen and oxygen atoms in total. The Kier molecular flexibility index (Phi) is 7.94. The van der Waals surface area contributed by atoms with Crippen LogP contribution in [0.25, 0.3) is 55.9 Å². The van der Waals surface area contributed by atoms with Crippen molar-refractivity contribution in [3.63, 3.8) is 0 Å². The van der Waals surface area contributed by atoms with Crippen molar-refractivity contribution in [3.05, 3.63) is 83.9 Å². The van der Waals surface area contributed by atoms with E-state index in [-0.39, 0.29) is 0 Å². The molecule has 4 aromatic carbocycles. The first-order valence-electron chi connectivity index (χ1n) is 15.0. The molecule has 0 radical (unpaired) electrons. The smallest absolute Gasteiger partial charge is 0.227 e. The number of hydrogen-bond donors (Lipinski definition) is 0. The standard InChI is InChI=1S/C36H38N2O2/c1-3-5-7-9-13-25-17-21-33-31(23-25)37-35(39-33)29-19-20-30(28-16-12-11-15-27(28)29)36-38-32-24-26(14-10-8-6-4-2)18-22-34(32)40-36/h11-12,15-24H,3-10,13-14H2,1-2H3. The molecule has 0 unspecified atom stereocenters. The zero-order valence-electron chi connectivity index (χ0n) is 23.7. The van der Waals surface area contributed by atoms with Crippen molar-refractivity contribution in [1.29, 1.82) is 0 Å². The van der Waals surface area contributed by atoms with Gasteiger partial charge < -0.3 is 8.83 Å². The molecule has 204 valence electrons. The number of fused-ring (bicyclic) bond motifs is 3. The van der Waals surface area contributed by atoms with Gasteiger partial charge in [-0.2, -0.15) is 0 Å². The minimum Gasteiger partial charge on any atom is -0.436 e. The van der Waals surface area contributed by atoms with E-state index in [9.17, 15) is 0 Å². The van der Waals surface area contributed by atoms with Crippen LogP contribution in [0.4, 0.5) is 0 Å². The van der Waals surface area contributed by atoms with Crippen molar-refractivity contribution >= 4 is 33.0 Å². The van der Waals surface area contributed by atoms with Crippen LogP contribution in [0.5, 0.6) is 0 Å². The molecule has 0 saturated carbocycles. The summed E-state index contributed by atoms with van der Waals surface area (Å²) >= 11 is 0. The Balaban J connectivity index is 1.31. The van der Waals surface area contributed by atoms with Gasteiger partial charge in [-0.15, -0.1) is 0 Å². The van der Waals surface area contributed by atoms with Crippen LogP contribution < -0.4 is 0 Å². The second kappa shape index (κ2) is 12.1. The predicted molar refractivity (Wildman–Crippen MR) is 166 cm³/mol. The van der Waals surface area contributed by atoms with Gasteiger partial charge in [0.15, 0.2) is 11.2 Å². The lowest BCUT2D eigenvalue weighted by Crippen LogP contribution is -1.87. The van der Waals surface area contributed by atoms with E-state index in [0.29, 0.717) is 11.8 Å². The Morgan fingerprint density at radius 3 is 1.45 bits per heavy atom. The monoisotopic (exact) mass is 530 g/mol. The normalized spacial score (nSPS) is 11.8. The molecule has 0 amide bonds. The predicted octanol–water partition coefficient (Wildman–Crippen LogP) is 10.7. The number of aryl methyl sites for hydroxylation is 2. The lowest BCUT2D eigenvalue weighted by atomic mass is 9.99. The SMILES string of the molecule is CCCCCCc1ccc2oc(-c3ccc(-c4nc5cc(CCCCCC)ccc5o4)c4ccccc34)nc2c1. The van der Waals surface area contributed by atoms with E-state index in [4.69, 9.17) is 18.8 Å². The Labute approximate surface area is 236 Å². The fraction of sp³-hybridized carbons (Fsp3) is 0.333. The van der Waals surface area contributed by atoms with Crippen molar-refractivity contribution in [2.45, 2.75) is 78.1 Å². The molecule has 4 heteroatoms. The number of aromatic nitrogens is 2. The summed E-state index contributed by atoms with van der Waals surface area (Å²) in [5, 5.41) is 2.15. The summed E-state index contributed by atoms with van der Waals surface area (Å²) in [6.45, 7) is 4.50. The summed E-state index contributed by atoms with van der Waals surface area (Å²) < 4.78 is 12.5. The Hall–Kier alpha value is -3.92. The molecule has 0 aliphatic carbocycles. The number of nitrogens with zero attached hydrogens (tertiary/aromatic N) is 2. The van der Waals surface area contributed by atoms with Crippen molar-refractivity contribution in [3.8, 4) is 22.9 Å². The molecule has 0 aliphatic rings. The molecule has 0 aliphatic heterocycles. The summed E-state index contributed by atoms with van der Waals surface area (Å²) in [7, 11) is 0. The Morgan fingerprint density at radius 1 is 0.525 bits per heavy atom. The van der Waals surface area contributed by atoms with Gasteiger partial charge in [-0.05, 0) is 84.0 Å². The van der Waals surface area contributed by atoms with Crippen LogP contribution >= 0.6 is 0 Å². The van der Waals surface area contributed by atoms with Crippen LogP contribution in [0.15, 0.2) is 81.6 Å². The molecule has 0 spiro atoms. The summed E-state index contributed by atoms with van der Waals surface area (Å²) in [5.74, 6) is 1.29. The van der Waals surface area contributed by atoms with E-state index in [1.807, 2.05) is 0 Å². The zero-order chi connectivity index (χ0) is 27.3. The second-order valence-electron chi connectivity index (χ2n) is 11.0. The van der Waals surface area contributed by atoms with Gasteiger partial charge in [-0.1, -0.05) is 88.8 Å². The third-order valence-corrected chi connectivity index (χ3v) is 7.93. The van der Waals surface area contributed by atoms with Gasteiger partial charge in [0.25, 0.3) is 0 Å². The quantitative estimate of drug-likeness (QED) is 0.148. The van der Waals surface area contributed by atoms with Gasteiger partial charge in [-0.25, -0.2) is 9.97 Å². The van der Waals surface area contributed by atoms with E-state index in [1.165, 1.54) is 62.5 Å². The highest BCUT2D eigenvalue weighted by Crippen LogP contribution is 2.37. The number of unbranched alkanes of at least 4 members (excludes halogenated alkanes) is 6. The molecule has 2 heterocycles. The summed E-state index contributed by atoms with van der Waals surface area (Å²) in [6.07, 6.45) is 12.2. The van der Waals surface area contributed by atoms with Gasteiger partial charge in [-0.3, -0.25) is 0 Å². The van der Waals surface area contributed by atoms with Crippen molar-refractivity contribution < 1.29 is 8.83 Å². The van der Waals surface area contributed by atoms with E-state index in [2.05, 4.69) is 86.6 Å². The zero-order valence-corrected chi connectivity index (χ0v) is 23.7. The Morgan fingerprint density at radius 2 is 1.00 bits per heavy atom. The van der Waals surface area contributed by atoms with Gasteiger partial charge in [0.05, 0.1) is 0 Å². The lowest BCUT2D eigenvalue weighted by molar-refractivity contribution is 0.618. The maximum Gasteiger partial charge on any atom is 0.227 e. The Bertz CT molecular complexity index is 1610. The van der Waals surface area contributed by atoms with E-state index < -0.39 is 0 Å². The first-order chi connectivity index (χ1) is 19.7. The van der Waals surface area contributed by atoms with Gasteiger partial charge in [0, 0.05) is 11.1 Å². The van der Waals surface area contributed by atoms with Crippen LogP contribution in [-0.4, -0.2) is 9.97 Å². The third-order valence-electron chi connectivity index (χ3n) is 7.93. The highest BCUT2D eigenvalue weighted by Gasteiger charge is 2.17. The first kappa shape index (κ1) is 26.3. The topological polar surface area (TPSA) is 52.1 Å². The average molecular weight is 531 g/mol. The number of hydrogen-bond acceptors (Lipinski definition) is 4. The average Bonchev–Trinajstić information content (AvgIpc) is 3.60. The van der Waals surface area contributed by atoms with E-state index in [1.54, 1.807) is 0 Å². The maximum atomic E-state index is 6.26.